The van der Waals surface area contributed by atoms with Gasteiger partial charge in [-0.15, -0.1) is 0 Å². The van der Waals surface area contributed by atoms with E-state index in [1.807, 2.05) is 20.2 Å². The molecule has 0 spiro atoms. The zero-order valence-electron chi connectivity index (χ0n) is 11.4. The van der Waals surface area contributed by atoms with Crippen LogP contribution in [0, 0.1) is 5.92 Å². The van der Waals surface area contributed by atoms with E-state index in [4.69, 9.17) is 0 Å². The van der Waals surface area contributed by atoms with Gasteiger partial charge in [0.2, 0.25) is 0 Å². The molecule has 0 atom stereocenters. The van der Waals surface area contributed by atoms with E-state index < -0.39 is 0 Å². The first-order valence-electron chi connectivity index (χ1n) is 6.75. The number of rotatable bonds is 5. The van der Waals surface area contributed by atoms with E-state index in [-0.39, 0.29) is 0 Å². The van der Waals surface area contributed by atoms with E-state index in [0.29, 0.717) is 0 Å². The van der Waals surface area contributed by atoms with Gasteiger partial charge in [0.25, 0.3) is 0 Å². The van der Waals surface area contributed by atoms with Crippen LogP contribution in [0.15, 0.2) is 35.3 Å². The Labute approximate surface area is 110 Å². The monoisotopic (exact) mass is 245 g/mol. The summed E-state index contributed by atoms with van der Waals surface area (Å²) in [5.41, 5.74) is 1.25. The van der Waals surface area contributed by atoms with E-state index in [1.165, 1.54) is 24.8 Å². The van der Waals surface area contributed by atoms with E-state index in [9.17, 15) is 0 Å². The van der Waals surface area contributed by atoms with Crippen molar-refractivity contribution in [1.29, 1.82) is 0 Å². The number of benzene rings is 1. The van der Waals surface area contributed by atoms with Crippen LogP contribution in [0.1, 0.15) is 24.8 Å². The zero-order valence-corrected chi connectivity index (χ0v) is 11.4. The maximum absolute atomic E-state index is 4.64. The molecule has 1 aromatic rings. The number of nitrogens with one attached hydrogen (secondary N) is 1. The number of nitrogens with zero attached hydrogens (tertiary/aromatic N) is 2. The van der Waals surface area contributed by atoms with Crippen molar-refractivity contribution in [1.82, 2.24) is 10.2 Å². The predicted octanol–water partition coefficient (Wildman–Crippen LogP) is 2.49. The summed E-state index contributed by atoms with van der Waals surface area (Å²) in [6, 6.07) is 10.4. The second-order valence-electron chi connectivity index (χ2n) is 5.18. The molecule has 1 aromatic carbocycles. The van der Waals surface area contributed by atoms with Crippen LogP contribution in [0.25, 0.3) is 0 Å². The first-order valence-corrected chi connectivity index (χ1v) is 6.75. The first-order chi connectivity index (χ1) is 8.75. The summed E-state index contributed by atoms with van der Waals surface area (Å²) < 4.78 is 0. The summed E-state index contributed by atoms with van der Waals surface area (Å²) in [6.07, 6.45) is 4.11. The Morgan fingerprint density at radius 1 is 1.28 bits per heavy atom. The van der Waals surface area contributed by atoms with Crippen LogP contribution in [0.4, 0.5) is 0 Å². The molecular formula is C15H23N3. The van der Waals surface area contributed by atoms with Crippen LogP contribution in [-0.2, 0) is 6.54 Å². The minimum atomic E-state index is 0.741. The fraction of sp³-hybridized carbons (Fsp3) is 0.533. The second-order valence-corrected chi connectivity index (χ2v) is 5.18. The molecule has 0 unspecified atom stereocenters. The number of guanidine groups is 1. The van der Waals surface area contributed by atoms with Crippen molar-refractivity contribution in [2.45, 2.75) is 25.8 Å². The van der Waals surface area contributed by atoms with Gasteiger partial charge in [0, 0.05) is 20.6 Å². The van der Waals surface area contributed by atoms with Crippen molar-refractivity contribution in [2.24, 2.45) is 10.9 Å². The minimum absolute atomic E-state index is 0.741. The Morgan fingerprint density at radius 3 is 2.61 bits per heavy atom. The van der Waals surface area contributed by atoms with Gasteiger partial charge in [-0.2, -0.15) is 0 Å². The lowest BCUT2D eigenvalue weighted by Crippen LogP contribution is -2.37. The van der Waals surface area contributed by atoms with E-state index >= 15 is 0 Å². The lowest BCUT2D eigenvalue weighted by Gasteiger charge is -2.17. The van der Waals surface area contributed by atoms with Gasteiger partial charge in [-0.25, -0.2) is 4.99 Å². The third-order valence-corrected chi connectivity index (χ3v) is 3.21. The standard InChI is InChI=1S/C15H23N3/c1-18(2)15(16-11-10-13-8-9-13)17-12-14-6-4-3-5-7-14/h3-7,13H,8-12H2,1-2H3,(H,16,17). The Balaban J connectivity index is 1.83. The molecule has 0 aliphatic heterocycles. The highest BCUT2D eigenvalue weighted by molar-refractivity contribution is 5.79. The molecule has 3 heteroatoms. The predicted molar refractivity (Wildman–Crippen MR) is 76.6 cm³/mol. The number of hydrogen-bond acceptors (Lipinski definition) is 1. The van der Waals surface area contributed by atoms with E-state index in [0.717, 1.165) is 25.0 Å². The van der Waals surface area contributed by atoms with Gasteiger partial charge >= 0.3 is 0 Å². The highest BCUT2D eigenvalue weighted by Crippen LogP contribution is 2.31. The number of hydrogen-bond donors (Lipinski definition) is 1. The van der Waals surface area contributed by atoms with Crippen molar-refractivity contribution < 1.29 is 0 Å². The van der Waals surface area contributed by atoms with Gasteiger partial charge in [-0.1, -0.05) is 43.2 Å². The topological polar surface area (TPSA) is 27.6 Å². The van der Waals surface area contributed by atoms with Gasteiger partial charge < -0.3 is 10.2 Å². The Bertz CT molecular complexity index is 380. The van der Waals surface area contributed by atoms with Gasteiger partial charge in [0.1, 0.15) is 0 Å². The average Bonchev–Trinajstić information content (AvgIpc) is 3.18. The van der Waals surface area contributed by atoms with E-state index in [2.05, 4.69) is 39.5 Å². The number of aliphatic imine (C=N–C) groups is 1. The van der Waals surface area contributed by atoms with Gasteiger partial charge in [0.05, 0.1) is 6.54 Å². The molecule has 1 fully saturated rings. The molecule has 1 aliphatic rings. The highest BCUT2D eigenvalue weighted by Gasteiger charge is 2.20. The maximum atomic E-state index is 4.64. The molecule has 98 valence electrons. The summed E-state index contributed by atoms with van der Waals surface area (Å²) in [5.74, 6) is 1.95. The molecule has 3 nitrogen and oxygen atoms in total. The van der Waals surface area contributed by atoms with E-state index in [1.54, 1.807) is 0 Å². The molecule has 0 amide bonds. The molecule has 2 rings (SSSR count). The van der Waals surface area contributed by atoms with Crippen LogP contribution in [0.5, 0.6) is 0 Å². The van der Waals surface area contributed by atoms with Crippen molar-refractivity contribution in [2.75, 3.05) is 20.6 Å². The normalized spacial score (nSPS) is 15.6. The largest absolute Gasteiger partial charge is 0.356 e. The molecular weight excluding hydrogens is 222 g/mol. The minimum Gasteiger partial charge on any atom is -0.356 e. The molecule has 18 heavy (non-hydrogen) atoms. The lowest BCUT2D eigenvalue weighted by atomic mass is 10.2. The van der Waals surface area contributed by atoms with Crippen molar-refractivity contribution >= 4 is 5.96 Å². The smallest absolute Gasteiger partial charge is 0.193 e. The third kappa shape index (κ3) is 4.40. The Kier molecular flexibility index (Phi) is 4.62. The fourth-order valence-corrected chi connectivity index (χ4v) is 1.90. The zero-order chi connectivity index (χ0) is 12.8. The Morgan fingerprint density at radius 2 is 2.00 bits per heavy atom. The molecule has 0 saturated heterocycles. The van der Waals surface area contributed by atoms with Gasteiger partial charge in [-0.3, -0.25) is 0 Å². The maximum Gasteiger partial charge on any atom is 0.193 e. The van der Waals surface area contributed by atoms with Crippen LogP contribution in [0.3, 0.4) is 0 Å². The van der Waals surface area contributed by atoms with Gasteiger partial charge in [-0.05, 0) is 17.9 Å². The third-order valence-electron chi connectivity index (χ3n) is 3.21. The van der Waals surface area contributed by atoms with Crippen LogP contribution < -0.4 is 5.32 Å². The molecule has 0 aromatic heterocycles. The molecule has 1 aliphatic carbocycles. The van der Waals surface area contributed by atoms with Crippen LogP contribution in [-0.4, -0.2) is 31.5 Å². The molecule has 0 radical (unpaired) electrons. The summed E-state index contributed by atoms with van der Waals surface area (Å²) in [5, 5.41) is 3.44. The molecule has 0 bridgehead atoms. The summed E-state index contributed by atoms with van der Waals surface area (Å²) in [4.78, 5) is 6.69. The van der Waals surface area contributed by atoms with Crippen LogP contribution >= 0.6 is 0 Å². The first kappa shape index (κ1) is 12.9. The fourth-order valence-electron chi connectivity index (χ4n) is 1.90. The molecule has 0 heterocycles. The van der Waals surface area contributed by atoms with Crippen molar-refractivity contribution in [3.8, 4) is 0 Å². The van der Waals surface area contributed by atoms with Gasteiger partial charge in [0.15, 0.2) is 5.96 Å². The second kappa shape index (κ2) is 6.43. The lowest BCUT2D eigenvalue weighted by molar-refractivity contribution is 0.568. The molecule has 1 N–H and O–H groups in total. The van der Waals surface area contributed by atoms with Crippen molar-refractivity contribution in [3.63, 3.8) is 0 Å². The molecule has 1 saturated carbocycles. The average molecular weight is 245 g/mol. The summed E-state index contributed by atoms with van der Waals surface area (Å²) >= 11 is 0. The highest BCUT2D eigenvalue weighted by atomic mass is 15.3. The quantitative estimate of drug-likeness (QED) is 0.637. The summed E-state index contributed by atoms with van der Waals surface area (Å²) in [6.45, 7) is 1.78. The Hall–Kier alpha value is -1.51. The summed E-state index contributed by atoms with van der Waals surface area (Å²) in [7, 11) is 4.07. The van der Waals surface area contributed by atoms with Crippen molar-refractivity contribution in [3.05, 3.63) is 35.9 Å². The van der Waals surface area contributed by atoms with Crippen LogP contribution in [0.2, 0.25) is 0 Å². The SMILES string of the molecule is CN(C)C(=NCc1ccccc1)NCCC1CC1.